The number of carbonyl (C=O) groups is 2. The third-order valence-corrected chi connectivity index (χ3v) is 4.75. The van der Waals surface area contributed by atoms with Crippen molar-refractivity contribution in [2.75, 3.05) is 5.32 Å². The van der Waals surface area contributed by atoms with Gasteiger partial charge in [0, 0.05) is 29.3 Å². The smallest absolute Gasteiger partial charge is 0.313 e. The first-order valence-electron chi connectivity index (χ1n) is 8.97. The van der Waals surface area contributed by atoms with Gasteiger partial charge >= 0.3 is 11.8 Å². The van der Waals surface area contributed by atoms with Crippen LogP contribution >= 0.6 is 0 Å². The number of rotatable bonds is 4. The molecule has 25 heavy (non-hydrogen) atoms. The summed E-state index contributed by atoms with van der Waals surface area (Å²) < 4.78 is 2.16. The van der Waals surface area contributed by atoms with Crippen LogP contribution in [0.1, 0.15) is 39.0 Å². The Morgan fingerprint density at radius 3 is 2.76 bits per heavy atom. The number of aliphatic hydroxyl groups excluding tert-OH is 1. The molecular formula is C19H25N3O3. The van der Waals surface area contributed by atoms with Gasteiger partial charge in [0.1, 0.15) is 0 Å². The molecule has 1 saturated carbocycles. The topological polar surface area (TPSA) is 83.4 Å². The summed E-state index contributed by atoms with van der Waals surface area (Å²) in [5, 5.41) is 16.2. The number of aryl methyl sites for hydroxylation is 1. The molecule has 1 aliphatic carbocycles. The second-order valence-corrected chi connectivity index (χ2v) is 6.67. The predicted octanol–water partition coefficient (Wildman–Crippen LogP) is 2.41. The van der Waals surface area contributed by atoms with Crippen molar-refractivity contribution in [2.45, 2.75) is 57.7 Å². The lowest BCUT2D eigenvalue weighted by Gasteiger charge is -2.27. The third kappa shape index (κ3) is 4.02. The molecule has 134 valence electrons. The van der Waals surface area contributed by atoms with Gasteiger partial charge < -0.3 is 20.3 Å². The van der Waals surface area contributed by atoms with Crippen LogP contribution in [0.5, 0.6) is 0 Å². The van der Waals surface area contributed by atoms with Crippen LogP contribution in [0.15, 0.2) is 30.5 Å². The number of aliphatic hydroxyl groups is 1. The Morgan fingerprint density at radius 2 is 2.00 bits per heavy atom. The van der Waals surface area contributed by atoms with E-state index in [1.165, 1.54) is 0 Å². The molecule has 0 bridgehead atoms. The molecule has 1 aromatic heterocycles. The summed E-state index contributed by atoms with van der Waals surface area (Å²) in [7, 11) is 0. The van der Waals surface area contributed by atoms with Crippen LogP contribution in [0, 0.1) is 0 Å². The van der Waals surface area contributed by atoms with Crippen molar-refractivity contribution >= 4 is 28.4 Å². The van der Waals surface area contributed by atoms with Gasteiger partial charge in [-0.25, -0.2) is 0 Å². The van der Waals surface area contributed by atoms with Crippen molar-refractivity contribution in [1.29, 1.82) is 0 Å². The summed E-state index contributed by atoms with van der Waals surface area (Å²) in [5.74, 6) is -1.40. The molecule has 6 heteroatoms. The van der Waals surface area contributed by atoms with Crippen LogP contribution in [0.25, 0.3) is 10.9 Å². The van der Waals surface area contributed by atoms with E-state index in [1.54, 1.807) is 6.07 Å². The lowest BCUT2D eigenvalue weighted by molar-refractivity contribution is -0.137. The molecule has 3 N–H and O–H groups in total. The molecule has 2 aromatic rings. The normalized spacial score (nSPS) is 20.4. The highest BCUT2D eigenvalue weighted by Gasteiger charge is 2.26. The zero-order valence-corrected chi connectivity index (χ0v) is 14.5. The second-order valence-electron chi connectivity index (χ2n) is 6.67. The van der Waals surface area contributed by atoms with E-state index in [0.717, 1.165) is 36.7 Å². The highest BCUT2D eigenvalue weighted by molar-refractivity contribution is 6.39. The molecule has 2 unspecified atom stereocenters. The largest absolute Gasteiger partial charge is 0.391 e. The molecule has 1 aromatic carbocycles. The van der Waals surface area contributed by atoms with Gasteiger partial charge in [0.05, 0.1) is 12.1 Å². The van der Waals surface area contributed by atoms with E-state index in [1.807, 2.05) is 24.4 Å². The van der Waals surface area contributed by atoms with E-state index in [9.17, 15) is 14.7 Å². The highest BCUT2D eigenvalue weighted by Crippen LogP contribution is 2.21. The molecule has 1 heterocycles. The number of fused-ring (bicyclic) bond motifs is 1. The van der Waals surface area contributed by atoms with Crippen molar-refractivity contribution in [3.05, 3.63) is 30.5 Å². The van der Waals surface area contributed by atoms with E-state index in [4.69, 9.17) is 0 Å². The standard InChI is InChI=1S/C19H25N3O3/c1-2-10-22-11-9-13-12-14(7-8-16(13)22)20-18(24)19(25)21-15-5-3-4-6-17(15)23/h7-9,11-12,15,17,23H,2-6,10H2,1H3,(H,20,24)(H,21,25). The zero-order chi connectivity index (χ0) is 17.8. The number of amides is 2. The SMILES string of the molecule is CCCn1ccc2cc(NC(=O)C(=O)NC3CCCCC3O)ccc21. The molecule has 0 spiro atoms. The quantitative estimate of drug-likeness (QED) is 0.746. The summed E-state index contributed by atoms with van der Waals surface area (Å²) in [5.41, 5.74) is 1.70. The Balaban J connectivity index is 1.63. The first-order valence-corrected chi connectivity index (χ1v) is 8.97. The molecule has 3 rings (SSSR count). The number of nitrogens with one attached hydrogen (secondary N) is 2. The minimum atomic E-state index is -0.704. The lowest BCUT2D eigenvalue weighted by atomic mass is 9.92. The van der Waals surface area contributed by atoms with Crippen molar-refractivity contribution in [1.82, 2.24) is 9.88 Å². The Bertz CT molecular complexity index is 768. The second kappa shape index (κ2) is 7.70. The van der Waals surface area contributed by atoms with Gasteiger partial charge in [-0.3, -0.25) is 9.59 Å². The van der Waals surface area contributed by atoms with Gasteiger partial charge in [0.25, 0.3) is 0 Å². The number of benzene rings is 1. The number of hydrogen-bond acceptors (Lipinski definition) is 3. The summed E-state index contributed by atoms with van der Waals surface area (Å²) >= 11 is 0. The average Bonchev–Trinajstić information content (AvgIpc) is 2.99. The first kappa shape index (κ1) is 17.5. The van der Waals surface area contributed by atoms with Gasteiger partial charge in [-0.15, -0.1) is 0 Å². The average molecular weight is 343 g/mol. The van der Waals surface area contributed by atoms with Gasteiger partial charge in [-0.05, 0) is 43.5 Å². The fourth-order valence-electron chi connectivity index (χ4n) is 3.42. The molecule has 0 saturated heterocycles. The van der Waals surface area contributed by atoms with E-state index in [2.05, 4.69) is 22.1 Å². The van der Waals surface area contributed by atoms with Crippen molar-refractivity contribution in [2.24, 2.45) is 0 Å². The predicted molar refractivity (Wildman–Crippen MR) is 97.3 cm³/mol. The first-order chi connectivity index (χ1) is 12.1. The minimum Gasteiger partial charge on any atom is -0.391 e. The summed E-state index contributed by atoms with van der Waals surface area (Å²) in [4.78, 5) is 24.2. The minimum absolute atomic E-state index is 0.336. The summed E-state index contributed by atoms with van der Waals surface area (Å²) in [6, 6.07) is 7.28. The lowest BCUT2D eigenvalue weighted by Crippen LogP contribution is -2.48. The van der Waals surface area contributed by atoms with Crippen LogP contribution in [0.2, 0.25) is 0 Å². The van der Waals surface area contributed by atoms with Crippen molar-refractivity contribution in [3.8, 4) is 0 Å². The summed E-state index contributed by atoms with van der Waals surface area (Å²) in [6.07, 6.45) is 5.79. The monoisotopic (exact) mass is 343 g/mol. The maximum absolute atomic E-state index is 12.1. The number of nitrogens with zero attached hydrogens (tertiary/aromatic N) is 1. The molecule has 1 aliphatic rings. The van der Waals surface area contributed by atoms with Crippen LogP contribution < -0.4 is 10.6 Å². The Morgan fingerprint density at radius 1 is 1.20 bits per heavy atom. The van der Waals surface area contributed by atoms with Crippen molar-refractivity contribution in [3.63, 3.8) is 0 Å². The van der Waals surface area contributed by atoms with Crippen LogP contribution in [-0.4, -0.2) is 33.6 Å². The summed E-state index contributed by atoms with van der Waals surface area (Å²) in [6.45, 7) is 3.07. The number of carbonyl (C=O) groups excluding carboxylic acids is 2. The molecule has 1 fully saturated rings. The van der Waals surface area contributed by atoms with Crippen LogP contribution in [-0.2, 0) is 16.1 Å². The van der Waals surface area contributed by atoms with Crippen LogP contribution in [0.3, 0.4) is 0 Å². The highest BCUT2D eigenvalue weighted by atomic mass is 16.3. The van der Waals surface area contributed by atoms with Gasteiger partial charge in [-0.1, -0.05) is 19.8 Å². The van der Waals surface area contributed by atoms with Crippen molar-refractivity contribution < 1.29 is 14.7 Å². The molecule has 0 radical (unpaired) electrons. The third-order valence-electron chi connectivity index (χ3n) is 4.75. The zero-order valence-electron chi connectivity index (χ0n) is 14.5. The fourth-order valence-corrected chi connectivity index (χ4v) is 3.42. The molecule has 2 amide bonds. The van der Waals surface area contributed by atoms with E-state index >= 15 is 0 Å². The van der Waals surface area contributed by atoms with Gasteiger partial charge in [0.15, 0.2) is 0 Å². The maximum Gasteiger partial charge on any atom is 0.313 e. The Kier molecular flexibility index (Phi) is 5.38. The maximum atomic E-state index is 12.1. The molecular weight excluding hydrogens is 318 g/mol. The molecule has 0 aliphatic heterocycles. The van der Waals surface area contributed by atoms with Crippen LogP contribution in [0.4, 0.5) is 5.69 Å². The number of anilines is 1. The number of hydrogen-bond donors (Lipinski definition) is 3. The molecule has 6 nitrogen and oxygen atoms in total. The van der Waals surface area contributed by atoms with E-state index in [0.29, 0.717) is 18.5 Å². The van der Waals surface area contributed by atoms with Gasteiger partial charge in [0.2, 0.25) is 0 Å². The van der Waals surface area contributed by atoms with E-state index in [-0.39, 0.29) is 6.04 Å². The Hall–Kier alpha value is -2.34. The molecule has 2 atom stereocenters. The Labute approximate surface area is 147 Å². The number of aromatic nitrogens is 1. The van der Waals surface area contributed by atoms with E-state index < -0.39 is 17.9 Å². The van der Waals surface area contributed by atoms with Gasteiger partial charge in [-0.2, -0.15) is 0 Å². The fraction of sp³-hybridized carbons (Fsp3) is 0.474.